The van der Waals surface area contributed by atoms with E-state index in [1.54, 1.807) is 55.6 Å². The predicted octanol–water partition coefficient (Wildman–Crippen LogP) is 3.47. The van der Waals surface area contributed by atoms with Crippen molar-refractivity contribution in [1.82, 2.24) is 10.3 Å². The molecule has 4 rings (SSSR count). The van der Waals surface area contributed by atoms with Crippen molar-refractivity contribution in [2.75, 3.05) is 24.7 Å². The molecule has 0 saturated carbocycles. The third kappa shape index (κ3) is 5.96. The van der Waals surface area contributed by atoms with Gasteiger partial charge in [-0.05, 0) is 55.5 Å². The Labute approximate surface area is 207 Å². The van der Waals surface area contributed by atoms with Gasteiger partial charge in [-0.25, -0.2) is 0 Å². The van der Waals surface area contributed by atoms with Gasteiger partial charge in [-0.1, -0.05) is 23.7 Å². The number of fused-ring (bicyclic) bond motifs is 1. The van der Waals surface area contributed by atoms with E-state index in [0.29, 0.717) is 40.7 Å². The Hall–Kier alpha value is -3.91. The molecule has 0 radical (unpaired) electrons. The van der Waals surface area contributed by atoms with Gasteiger partial charge in [0.2, 0.25) is 5.91 Å². The lowest BCUT2D eigenvalue weighted by Crippen LogP contribution is -2.51. The summed E-state index contributed by atoms with van der Waals surface area (Å²) in [5.41, 5.74) is 1.55. The first-order valence-corrected chi connectivity index (χ1v) is 11.5. The summed E-state index contributed by atoms with van der Waals surface area (Å²) < 4.78 is 11.1. The molecule has 0 aliphatic carbocycles. The number of nitrogens with zero attached hydrogens (tertiary/aromatic N) is 2. The van der Waals surface area contributed by atoms with Gasteiger partial charge in [0.1, 0.15) is 17.5 Å². The lowest BCUT2D eigenvalue weighted by Gasteiger charge is -2.33. The molecule has 0 spiro atoms. The molecule has 1 N–H and O–H groups in total. The van der Waals surface area contributed by atoms with Crippen LogP contribution in [0.5, 0.6) is 11.5 Å². The number of nitrogens with one attached hydrogen (secondary N) is 1. The van der Waals surface area contributed by atoms with E-state index < -0.39 is 6.04 Å². The van der Waals surface area contributed by atoms with Crippen LogP contribution in [0.25, 0.3) is 0 Å². The molecular weight excluding hydrogens is 470 g/mol. The maximum atomic E-state index is 12.8. The molecular formula is C26H24ClN3O5. The highest BCUT2D eigenvalue weighted by atomic mass is 35.5. The molecule has 2 aromatic carbocycles. The van der Waals surface area contributed by atoms with Crippen molar-refractivity contribution < 1.29 is 23.9 Å². The second-order valence-corrected chi connectivity index (χ2v) is 8.38. The Morgan fingerprint density at radius 3 is 2.80 bits per heavy atom. The van der Waals surface area contributed by atoms with Gasteiger partial charge in [0, 0.05) is 35.4 Å². The fourth-order valence-electron chi connectivity index (χ4n) is 3.68. The van der Waals surface area contributed by atoms with Crippen LogP contribution in [0, 0.1) is 0 Å². The summed E-state index contributed by atoms with van der Waals surface area (Å²) in [5.74, 6) is -0.0870. The number of pyridine rings is 1. The van der Waals surface area contributed by atoms with Gasteiger partial charge < -0.3 is 14.8 Å². The Bertz CT molecular complexity index is 1230. The third-order valence-corrected chi connectivity index (χ3v) is 5.73. The highest BCUT2D eigenvalue weighted by Gasteiger charge is 2.33. The molecule has 1 unspecified atom stereocenters. The summed E-state index contributed by atoms with van der Waals surface area (Å²) in [4.78, 5) is 43.9. The average molecular weight is 494 g/mol. The third-order valence-electron chi connectivity index (χ3n) is 5.50. The van der Waals surface area contributed by atoms with Gasteiger partial charge in [-0.15, -0.1) is 0 Å². The molecule has 1 atom stereocenters. The minimum Gasteiger partial charge on any atom is -0.485 e. The minimum absolute atomic E-state index is 0.191. The number of anilines is 1. The van der Waals surface area contributed by atoms with E-state index in [4.69, 9.17) is 21.1 Å². The van der Waals surface area contributed by atoms with E-state index in [0.717, 1.165) is 5.69 Å². The van der Waals surface area contributed by atoms with E-state index in [-0.39, 0.29) is 30.8 Å². The molecule has 9 heteroatoms. The molecule has 8 nitrogen and oxygen atoms in total. The Balaban J connectivity index is 1.44. The van der Waals surface area contributed by atoms with Gasteiger partial charge in [-0.3, -0.25) is 24.3 Å². The van der Waals surface area contributed by atoms with Crippen molar-refractivity contribution in [2.24, 2.45) is 0 Å². The lowest BCUT2D eigenvalue weighted by molar-refractivity contribution is -0.127. The first-order valence-electron chi connectivity index (χ1n) is 11.1. The Kier molecular flexibility index (Phi) is 7.62. The van der Waals surface area contributed by atoms with E-state index in [2.05, 4.69) is 10.3 Å². The largest absolute Gasteiger partial charge is 0.485 e. The van der Waals surface area contributed by atoms with Gasteiger partial charge in [0.15, 0.2) is 19.0 Å². The molecule has 1 aromatic heterocycles. The molecule has 35 heavy (non-hydrogen) atoms. The first kappa shape index (κ1) is 24.2. The topological polar surface area (TPSA) is 97.8 Å². The minimum atomic E-state index is -0.804. The van der Waals surface area contributed by atoms with E-state index in [1.807, 2.05) is 18.2 Å². The van der Waals surface area contributed by atoms with Crippen molar-refractivity contribution in [3.8, 4) is 11.5 Å². The fourth-order valence-corrected chi connectivity index (χ4v) is 3.86. The molecule has 1 aliphatic rings. The van der Waals surface area contributed by atoms with Crippen LogP contribution in [-0.2, 0) is 16.0 Å². The zero-order chi connectivity index (χ0) is 24.8. The van der Waals surface area contributed by atoms with Crippen molar-refractivity contribution in [1.29, 1.82) is 0 Å². The number of ether oxygens (including phenoxy) is 2. The van der Waals surface area contributed by atoms with Crippen LogP contribution >= 0.6 is 11.6 Å². The quantitative estimate of drug-likeness (QED) is 0.458. The molecule has 0 bridgehead atoms. The molecule has 180 valence electrons. The normalized spacial score (nSPS) is 13.4. The van der Waals surface area contributed by atoms with Crippen LogP contribution in [0.4, 0.5) is 5.69 Å². The van der Waals surface area contributed by atoms with E-state index in [9.17, 15) is 14.4 Å². The van der Waals surface area contributed by atoms with E-state index in [1.165, 1.54) is 4.90 Å². The molecule has 2 heterocycles. The maximum Gasteiger partial charge on any atom is 0.265 e. The standard InChI is InChI=1S/C26H24ClN3O5/c1-17(26(33)29-12-10-20-6-2-3-11-28-20)30-22-13-18(8-9-24(22)35-16-25(30)32)23(31)15-34-21-7-4-5-19(27)14-21/h2-9,11,13-14,17H,10,12,15-16H2,1H3,(H,29,33). The smallest absolute Gasteiger partial charge is 0.265 e. The number of halogens is 1. The number of rotatable bonds is 9. The second-order valence-electron chi connectivity index (χ2n) is 7.94. The molecule has 2 amide bonds. The zero-order valence-corrected chi connectivity index (χ0v) is 19.8. The molecule has 0 saturated heterocycles. The van der Waals surface area contributed by atoms with Crippen molar-refractivity contribution in [2.45, 2.75) is 19.4 Å². The number of aromatic nitrogens is 1. The Morgan fingerprint density at radius 1 is 1.17 bits per heavy atom. The summed E-state index contributed by atoms with van der Waals surface area (Å²) in [6, 6.07) is 16.3. The summed E-state index contributed by atoms with van der Waals surface area (Å²) in [5, 5.41) is 3.35. The van der Waals surface area contributed by atoms with Crippen LogP contribution in [0.1, 0.15) is 23.0 Å². The van der Waals surface area contributed by atoms with Crippen LogP contribution in [0.15, 0.2) is 66.9 Å². The summed E-state index contributed by atoms with van der Waals surface area (Å²) in [7, 11) is 0. The van der Waals surface area contributed by atoms with Gasteiger partial charge in [0.05, 0.1) is 5.69 Å². The summed E-state index contributed by atoms with van der Waals surface area (Å²) in [6.45, 7) is 1.62. The van der Waals surface area contributed by atoms with Gasteiger partial charge >= 0.3 is 0 Å². The second kappa shape index (κ2) is 11.0. The van der Waals surface area contributed by atoms with Crippen LogP contribution in [0.3, 0.4) is 0 Å². The lowest BCUT2D eigenvalue weighted by atomic mass is 10.1. The first-order chi connectivity index (χ1) is 16.9. The van der Waals surface area contributed by atoms with Crippen LogP contribution in [0.2, 0.25) is 5.02 Å². The van der Waals surface area contributed by atoms with Crippen molar-refractivity contribution in [3.05, 3.63) is 83.1 Å². The number of hydrogen-bond acceptors (Lipinski definition) is 6. The number of carbonyl (C=O) groups excluding carboxylic acids is 3. The van der Waals surface area contributed by atoms with Gasteiger partial charge in [-0.2, -0.15) is 0 Å². The zero-order valence-electron chi connectivity index (χ0n) is 19.1. The molecule has 1 aliphatic heterocycles. The van der Waals surface area contributed by atoms with E-state index >= 15 is 0 Å². The number of carbonyl (C=O) groups is 3. The molecule has 0 fully saturated rings. The fraction of sp³-hybridized carbons (Fsp3) is 0.231. The Morgan fingerprint density at radius 2 is 2.03 bits per heavy atom. The summed E-state index contributed by atoms with van der Waals surface area (Å²) >= 11 is 5.95. The molecule has 3 aromatic rings. The monoisotopic (exact) mass is 493 g/mol. The highest BCUT2D eigenvalue weighted by molar-refractivity contribution is 6.30. The van der Waals surface area contributed by atoms with Crippen molar-refractivity contribution >= 4 is 34.9 Å². The number of amides is 2. The number of ketones is 1. The predicted molar refractivity (Wildman–Crippen MR) is 131 cm³/mol. The van der Waals surface area contributed by atoms with Crippen molar-refractivity contribution in [3.63, 3.8) is 0 Å². The number of hydrogen-bond donors (Lipinski definition) is 1. The number of benzene rings is 2. The SMILES string of the molecule is CC(C(=O)NCCc1ccccn1)N1C(=O)COc2ccc(C(=O)COc3cccc(Cl)c3)cc21. The van der Waals surface area contributed by atoms with Gasteiger partial charge in [0.25, 0.3) is 5.91 Å². The van der Waals surface area contributed by atoms with Crippen LogP contribution < -0.4 is 19.7 Å². The maximum absolute atomic E-state index is 12.8. The highest BCUT2D eigenvalue weighted by Crippen LogP contribution is 2.34. The van der Waals surface area contributed by atoms with Crippen LogP contribution in [-0.4, -0.2) is 48.4 Å². The number of Topliss-reactive ketones (excluding diaryl/α,β-unsaturated/α-hetero) is 1. The summed E-state index contributed by atoms with van der Waals surface area (Å²) in [6.07, 6.45) is 2.26. The average Bonchev–Trinajstić information content (AvgIpc) is 2.87.